The van der Waals surface area contributed by atoms with Gasteiger partial charge in [-0.25, -0.2) is 13.4 Å². The number of thiazole rings is 1. The Bertz CT molecular complexity index is 1160. The fraction of sp³-hybridized carbons (Fsp3) is 0.333. The minimum absolute atomic E-state index is 0.00447. The van der Waals surface area contributed by atoms with Gasteiger partial charge in [0.05, 0.1) is 17.1 Å². The summed E-state index contributed by atoms with van der Waals surface area (Å²) in [5.41, 5.74) is 3.37. The van der Waals surface area contributed by atoms with E-state index >= 15 is 0 Å². The van der Waals surface area contributed by atoms with Crippen molar-refractivity contribution in [2.24, 2.45) is 0 Å². The van der Waals surface area contributed by atoms with Crippen molar-refractivity contribution in [3.63, 3.8) is 0 Å². The Hall–Kier alpha value is -2.55. The predicted octanol–water partition coefficient (Wildman–Crippen LogP) is 4.98. The number of hydrogen-bond acceptors (Lipinski definition) is 6. The Kier molecular flexibility index (Phi) is 7.03. The summed E-state index contributed by atoms with van der Waals surface area (Å²) in [6.07, 6.45) is 4.00. The fourth-order valence-electron chi connectivity index (χ4n) is 3.71. The van der Waals surface area contributed by atoms with Gasteiger partial charge in [-0.2, -0.15) is 4.31 Å². The Balaban J connectivity index is 1.40. The van der Waals surface area contributed by atoms with Gasteiger partial charge in [0.2, 0.25) is 10.0 Å². The number of nitrogens with zero attached hydrogens (tertiary/aromatic N) is 2. The van der Waals surface area contributed by atoms with E-state index in [4.69, 9.17) is 0 Å². The molecule has 8 heteroatoms. The summed E-state index contributed by atoms with van der Waals surface area (Å²) in [5, 5.41) is 5.64. The van der Waals surface area contributed by atoms with Crippen LogP contribution in [0.15, 0.2) is 58.8 Å². The summed E-state index contributed by atoms with van der Waals surface area (Å²) in [5.74, 6) is 0.00447. The monoisotopic (exact) mass is 469 g/mol. The highest BCUT2D eigenvalue weighted by Gasteiger charge is 2.25. The van der Waals surface area contributed by atoms with E-state index in [0.717, 1.165) is 42.5 Å². The second kappa shape index (κ2) is 9.94. The van der Waals surface area contributed by atoms with Gasteiger partial charge in [-0.1, -0.05) is 54.8 Å². The molecule has 6 nitrogen and oxygen atoms in total. The van der Waals surface area contributed by atoms with Crippen LogP contribution in [-0.2, 0) is 10.0 Å². The molecule has 1 aromatic heterocycles. The number of rotatable bonds is 7. The zero-order valence-electron chi connectivity index (χ0n) is 18.1. The number of aromatic nitrogens is 1. The van der Waals surface area contributed by atoms with Gasteiger partial charge < -0.3 is 5.32 Å². The molecule has 1 aliphatic rings. The van der Waals surface area contributed by atoms with Crippen molar-refractivity contribution in [3.8, 4) is 11.3 Å². The van der Waals surface area contributed by atoms with Crippen molar-refractivity contribution in [1.82, 2.24) is 9.29 Å². The van der Waals surface area contributed by atoms with Gasteiger partial charge in [-0.15, -0.1) is 11.3 Å². The molecule has 2 heterocycles. The summed E-state index contributed by atoms with van der Waals surface area (Å²) in [4.78, 5) is 17.2. The summed E-state index contributed by atoms with van der Waals surface area (Å²) >= 11 is 1.42. The van der Waals surface area contributed by atoms with Gasteiger partial charge in [-0.3, -0.25) is 4.79 Å². The SMILES string of the molecule is Cc1ccc(C(=O)CNc2nc(-c3ccc(S(=O)(=O)N4CCCCCC4)cc3)cs2)cc1. The van der Waals surface area contributed by atoms with E-state index in [1.165, 1.54) is 11.3 Å². The first-order valence-corrected chi connectivity index (χ1v) is 13.2. The summed E-state index contributed by atoms with van der Waals surface area (Å²) < 4.78 is 27.5. The Morgan fingerprint density at radius 3 is 2.31 bits per heavy atom. The third-order valence-electron chi connectivity index (χ3n) is 5.63. The molecule has 1 fully saturated rings. The first kappa shape index (κ1) is 22.6. The Morgan fingerprint density at radius 2 is 1.66 bits per heavy atom. The molecule has 0 atom stereocenters. The first-order valence-electron chi connectivity index (χ1n) is 10.8. The van der Waals surface area contributed by atoms with Crippen LogP contribution in [0.5, 0.6) is 0 Å². The molecule has 168 valence electrons. The summed E-state index contributed by atoms with van der Waals surface area (Å²) in [7, 11) is -3.46. The molecule has 0 radical (unpaired) electrons. The number of carbonyl (C=O) groups excluding carboxylic acids is 1. The van der Waals surface area contributed by atoms with Crippen LogP contribution >= 0.6 is 11.3 Å². The smallest absolute Gasteiger partial charge is 0.243 e. The lowest BCUT2D eigenvalue weighted by molar-refractivity contribution is 0.101. The molecule has 2 aromatic carbocycles. The number of sulfonamides is 1. The van der Waals surface area contributed by atoms with Crippen LogP contribution < -0.4 is 5.32 Å². The molecule has 1 saturated heterocycles. The van der Waals surface area contributed by atoms with Gasteiger partial charge in [0, 0.05) is 29.6 Å². The first-order chi connectivity index (χ1) is 15.4. The molecule has 0 aliphatic carbocycles. The highest BCUT2D eigenvalue weighted by atomic mass is 32.2. The van der Waals surface area contributed by atoms with Crippen molar-refractivity contribution in [2.75, 3.05) is 25.0 Å². The standard InChI is InChI=1S/C24H27N3O3S2/c1-18-6-8-20(9-7-18)23(28)16-25-24-26-22(17-31-24)19-10-12-21(13-11-19)32(29,30)27-14-4-2-3-5-15-27/h6-13,17H,2-5,14-16H2,1H3,(H,25,26). The van der Waals surface area contributed by atoms with Crippen molar-refractivity contribution in [3.05, 3.63) is 65.0 Å². The number of ketones is 1. The Labute approximate surface area is 193 Å². The van der Waals surface area contributed by atoms with Crippen molar-refractivity contribution in [2.45, 2.75) is 37.5 Å². The quantitative estimate of drug-likeness (QED) is 0.494. The predicted molar refractivity (Wildman–Crippen MR) is 129 cm³/mol. The molecule has 1 aliphatic heterocycles. The van der Waals surface area contributed by atoms with Crippen molar-refractivity contribution in [1.29, 1.82) is 0 Å². The van der Waals surface area contributed by atoms with Gasteiger partial charge in [0.15, 0.2) is 10.9 Å². The van der Waals surface area contributed by atoms with E-state index in [1.54, 1.807) is 28.6 Å². The van der Waals surface area contributed by atoms with E-state index < -0.39 is 10.0 Å². The summed E-state index contributed by atoms with van der Waals surface area (Å²) in [6.45, 7) is 3.34. The van der Waals surface area contributed by atoms with Crippen LogP contribution in [0, 0.1) is 6.92 Å². The van der Waals surface area contributed by atoms with Crippen molar-refractivity contribution < 1.29 is 13.2 Å². The van der Waals surface area contributed by atoms with Crippen molar-refractivity contribution >= 4 is 32.3 Å². The number of Topliss-reactive ketones (excluding diaryl/α,β-unsaturated/α-hetero) is 1. The highest BCUT2D eigenvalue weighted by molar-refractivity contribution is 7.89. The average molecular weight is 470 g/mol. The second-order valence-electron chi connectivity index (χ2n) is 8.02. The molecular formula is C24H27N3O3S2. The van der Waals surface area contributed by atoms with Crippen LogP contribution in [0.2, 0.25) is 0 Å². The molecule has 0 bridgehead atoms. The number of aryl methyl sites for hydroxylation is 1. The molecular weight excluding hydrogens is 442 g/mol. The number of benzene rings is 2. The fourth-order valence-corrected chi connectivity index (χ4v) is 5.95. The maximum Gasteiger partial charge on any atom is 0.243 e. The van der Waals surface area contributed by atoms with Gasteiger partial charge in [0.25, 0.3) is 0 Å². The van der Waals surface area contributed by atoms with Crippen LogP contribution in [0.25, 0.3) is 11.3 Å². The van der Waals surface area contributed by atoms with E-state index in [1.807, 2.05) is 36.6 Å². The average Bonchev–Trinajstić information content (AvgIpc) is 3.10. The number of nitrogens with one attached hydrogen (secondary N) is 1. The zero-order chi connectivity index (χ0) is 22.6. The van der Waals surface area contributed by atoms with Crippen LogP contribution in [0.3, 0.4) is 0 Å². The molecule has 0 spiro atoms. The summed E-state index contributed by atoms with van der Waals surface area (Å²) in [6, 6.07) is 14.4. The van der Waals surface area contributed by atoms with E-state index in [0.29, 0.717) is 28.7 Å². The minimum atomic E-state index is -3.46. The molecule has 0 unspecified atom stereocenters. The molecule has 3 aromatic rings. The number of carbonyl (C=O) groups is 1. The van der Waals surface area contributed by atoms with E-state index in [-0.39, 0.29) is 12.3 Å². The van der Waals surface area contributed by atoms with Gasteiger partial charge >= 0.3 is 0 Å². The lowest BCUT2D eigenvalue weighted by Crippen LogP contribution is -2.31. The van der Waals surface area contributed by atoms with Crippen LogP contribution in [0.1, 0.15) is 41.6 Å². The van der Waals surface area contributed by atoms with E-state index in [9.17, 15) is 13.2 Å². The van der Waals surface area contributed by atoms with Gasteiger partial charge in [0.1, 0.15) is 0 Å². The second-order valence-corrected chi connectivity index (χ2v) is 10.8. The molecule has 0 amide bonds. The molecule has 1 N–H and O–H groups in total. The number of hydrogen-bond donors (Lipinski definition) is 1. The third-order valence-corrected chi connectivity index (χ3v) is 8.34. The lowest BCUT2D eigenvalue weighted by Gasteiger charge is -2.19. The molecule has 32 heavy (non-hydrogen) atoms. The van der Waals surface area contributed by atoms with E-state index in [2.05, 4.69) is 10.3 Å². The normalized spacial score (nSPS) is 15.3. The largest absolute Gasteiger partial charge is 0.354 e. The highest BCUT2D eigenvalue weighted by Crippen LogP contribution is 2.27. The maximum absolute atomic E-state index is 12.9. The molecule has 4 rings (SSSR count). The minimum Gasteiger partial charge on any atom is -0.354 e. The Morgan fingerprint density at radius 1 is 1.00 bits per heavy atom. The molecule has 0 saturated carbocycles. The van der Waals surface area contributed by atoms with Crippen LogP contribution in [0.4, 0.5) is 5.13 Å². The third kappa shape index (κ3) is 5.26. The number of anilines is 1. The lowest BCUT2D eigenvalue weighted by atomic mass is 10.1. The topological polar surface area (TPSA) is 79.4 Å². The van der Waals surface area contributed by atoms with Gasteiger partial charge in [-0.05, 0) is 31.9 Å². The maximum atomic E-state index is 12.9. The zero-order valence-corrected chi connectivity index (χ0v) is 19.7. The van der Waals surface area contributed by atoms with Crippen LogP contribution in [-0.4, -0.2) is 43.1 Å².